The number of rotatable bonds is 3. The van der Waals surface area contributed by atoms with Gasteiger partial charge >= 0.3 is 0 Å². The third-order valence-electron chi connectivity index (χ3n) is 5.16. The number of imidazole rings is 1. The predicted octanol–water partition coefficient (Wildman–Crippen LogP) is 7.86. The number of H-pyrrole nitrogens is 1. The Bertz CT molecular complexity index is 1540. The summed E-state index contributed by atoms with van der Waals surface area (Å²) < 4.78 is 4.32. The van der Waals surface area contributed by atoms with Gasteiger partial charge in [0.2, 0.25) is 0 Å². The lowest BCUT2D eigenvalue weighted by atomic mass is 10.1. The van der Waals surface area contributed by atoms with E-state index in [9.17, 15) is 0 Å². The number of hydrogen-bond donors (Lipinski definition) is 2. The minimum Gasteiger partial charge on any atom is -0.360 e. The third-order valence-corrected chi connectivity index (χ3v) is 6.93. The third kappa shape index (κ3) is 2.83. The van der Waals surface area contributed by atoms with Crippen LogP contribution in [0.15, 0.2) is 77.4 Å². The molecule has 146 valence electrons. The highest BCUT2D eigenvalue weighted by molar-refractivity contribution is 9.10. The SMILES string of the molecule is Clc1ccc2c(c1)sc1nc(-c3c[nH]c4ccccc34)c(Nc3ccc(Br)cc3)n12. The summed E-state index contributed by atoms with van der Waals surface area (Å²) in [5.41, 5.74) is 5.16. The molecule has 3 aromatic carbocycles. The zero-order valence-corrected chi connectivity index (χ0v) is 18.6. The molecule has 0 aliphatic heterocycles. The number of halogens is 2. The molecule has 0 saturated carbocycles. The first-order chi connectivity index (χ1) is 14.7. The summed E-state index contributed by atoms with van der Waals surface area (Å²) in [6.07, 6.45) is 2.03. The Morgan fingerprint density at radius 3 is 2.73 bits per heavy atom. The Kier molecular flexibility index (Phi) is 4.13. The second-order valence-corrected chi connectivity index (χ2v) is 9.38. The fourth-order valence-corrected chi connectivity index (χ4v) is 5.35. The summed E-state index contributed by atoms with van der Waals surface area (Å²) in [6, 6.07) is 22.4. The van der Waals surface area contributed by atoms with E-state index in [1.165, 1.54) is 0 Å². The predicted molar refractivity (Wildman–Crippen MR) is 130 cm³/mol. The van der Waals surface area contributed by atoms with Crippen LogP contribution in [0.3, 0.4) is 0 Å². The highest BCUT2D eigenvalue weighted by Crippen LogP contribution is 2.40. The molecule has 3 heterocycles. The van der Waals surface area contributed by atoms with E-state index in [-0.39, 0.29) is 0 Å². The monoisotopic (exact) mass is 492 g/mol. The van der Waals surface area contributed by atoms with Crippen molar-refractivity contribution in [2.24, 2.45) is 0 Å². The van der Waals surface area contributed by atoms with Gasteiger partial charge in [-0.3, -0.25) is 4.40 Å². The second-order valence-electron chi connectivity index (χ2n) is 7.02. The van der Waals surface area contributed by atoms with Crippen LogP contribution in [-0.2, 0) is 0 Å². The van der Waals surface area contributed by atoms with Gasteiger partial charge in [0.1, 0.15) is 11.5 Å². The average Bonchev–Trinajstić information content (AvgIpc) is 3.41. The van der Waals surface area contributed by atoms with Crippen LogP contribution in [0.25, 0.3) is 37.3 Å². The van der Waals surface area contributed by atoms with Crippen molar-refractivity contribution in [2.75, 3.05) is 5.32 Å². The molecule has 2 N–H and O–H groups in total. The van der Waals surface area contributed by atoms with Gasteiger partial charge in [0.05, 0.1) is 10.2 Å². The van der Waals surface area contributed by atoms with Gasteiger partial charge < -0.3 is 10.3 Å². The number of nitrogens with one attached hydrogen (secondary N) is 2. The number of para-hydroxylation sites is 1. The van der Waals surface area contributed by atoms with Gasteiger partial charge in [-0.25, -0.2) is 4.98 Å². The van der Waals surface area contributed by atoms with Crippen molar-refractivity contribution in [3.8, 4) is 11.3 Å². The van der Waals surface area contributed by atoms with Crippen molar-refractivity contribution in [1.29, 1.82) is 0 Å². The topological polar surface area (TPSA) is 45.1 Å². The molecule has 0 amide bonds. The van der Waals surface area contributed by atoms with E-state index in [4.69, 9.17) is 16.6 Å². The molecule has 30 heavy (non-hydrogen) atoms. The van der Waals surface area contributed by atoms with E-state index in [0.717, 1.165) is 58.3 Å². The van der Waals surface area contributed by atoms with Gasteiger partial charge in [-0.15, -0.1) is 0 Å². The van der Waals surface area contributed by atoms with E-state index in [2.05, 4.69) is 54.9 Å². The normalized spacial score (nSPS) is 11.7. The average molecular weight is 494 g/mol. The molecule has 4 nitrogen and oxygen atoms in total. The molecule has 3 aromatic heterocycles. The standard InChI is InChI=1S/C23H14BrClN4S/c24-13-5-8-15(9-6-13)27-22-21(17-12-26-18-4-2-1-3-16(17)18)28-23-29(22)19-10-7-14(25)11-20(19)30-23/h1-12,26-27H. The maximum absolute atomic E-state index is 6.23. The fraction of sp³-hybridized carbons (Fsp3) is 0. The molecule has 7 heteroatoms. The van der Waals surface area contributed by atoms with Gasteiger partial charge in [-0.1, -0.05) is 57.1 Å². The molecule has 0 radical (unpaired) electrons. The molecular formula is C23H14BrClN4S. The molecule has 0 aliphatic carbocycles. The minimum absolute atomic E-state index is 0.728. The van der Waals surface area contributed by atoms with Gasteiger partial charge in [0.25, 0.3) is 0 Å². The van der Waals surface area contributed by atoms with Crippen LogP contribution in [0.2, 0.25) is 5.02 Å². The number of nitrogens with zero attached hydrogens (tertiary/aromatic N) is 2. The molecule has 0 saturated heterocycles. The zero-order chi connectivity index (χ0) is 20.2. The van der Waals surface area contributed by atoms with Crippen LogP contribution >= 0.6 is 38.9 Å². The molecule has 0 unspecified atom stereocenters. The second kappa shape index (κ2) is 6.87. The van der Waals surface area contributed by atoms with Gasteiger partial charge in [0.15, 0.2) is 4.96 Å². The maximum Gasteiger partial charge on any atom is 0.197 e. The quantitative estimate of drug-likeness (QED) is 0.263. The first kappa shape index (κ1) is 18.0. The zero-order valence-electron chi connectivity index (χ0n) is 15.5. The number of hydrogen-bond acceptors (Lipinski definition) is 3. The molecule has 6 rings (SSSR count). The maximum atomic E-state index is 6.23. The van der Waals surface area contributed by atoms with Gasteiger partial charge in [0, 0.05) is 37.8 Å². The minimum atomic E-state index is 0.728. The number of fused-ring (bicyclic) bond motifs is 4. The summed E-state index contributed by atoms with van der Waals surface area (Å²) in [5, 5.41) is 5.48. The largest absolute Gasteiger partial charge is 0.360 e. The molecule has 0 bridgehead atoms. The summed E-state index contributed by atoms with van der Waals surface area (Å²) in [4.78, 5) is 9.32. The van der Waals surface area contributed by atoms with Gasteiger partial charge in [-0.2, -0.15) is 0 Å². The van der Waals surface area contributed by atoms with Crippen molar-refractivity contribution in [1.82, 2.24) is 14.4 Å². The lowest BCUT2D eigenvalue weighted by molar-refractivity contribution is 1.28. The number of anilines is 2. The molecular weight excluding hydrogens is 480 g/mol. The summed E-state index contributed by atoms with van der Waals surface area (Å²) in [6.45, 7) is 0. The van der Waals surface area contributed by atoms with Crippen molar-refractivity contribution in [3.63, 3.8) is 0 Å². The fourth-order valence-electron chi connectivity index (χ4n) is 3.79. The van der Waals surface area contributed by atoms with Crippen LogP contribution < -0.4 is 5.32 Å². The Balaban J connectivity index is 1.64. The summed E-state index contributed by atoms with van der Waals surface area (Å²) in [7, 11) is 0. The van der Waals surface area contributed by atoms with E-state index >= 15 is 0 Å². The Morgan fingerprint density at radius 2 is 1.87 bits per heavy atom. The highest BCUT2D eigenvalue weighted by Gasteiger charge is 2.21. The smallest absolute Gasteiger partial charge is 0.197 e. The van der Waals surface area contributed by atoms with E-state index in [0.29, 0.717) is 0 Å². The van der Waals surface area contributed by atoms with Crippen molar-refractivity contribution in [3.05, 3.63) is 82.4 Å². The highest BCUT2D eigenvalue weighted by atomic mass is 79.9. The molecule has 0 atom stereocenters. The van der Waals surface area contributed by atoms with Crippen LogP contribution in [0.5, 0.6) is 0 Å². The van der Waals surface area contributed by atoms with Crippen LogP contribution in [-0.4, -0.2) is 14.4 Å². The van der Waals surface area contributed by atoms with Crippen LogP contribution in [0, 0.1) is 0 Å². The lowest BCUT2D eigenvalue weighted by Gasteiger charge is -2.09. The van der Waals surface area contributed by atoms with Crippen molar-refractivity contribution < 1.29 is 0 Å². The Hall–Kier alpha value is -2.80. The summed E-state index contributed by atoms with van der Waals surface area (Å²) >= 11 is 11.4. The van der Waals surface area contributed by atoms with Crippen LogP contribution in [0.1, 0.15) is 0 Å². The van der Waals surface area contributed by atoms with E-state index < -0.39 is 0 Å². The van der Waals surface area contributed by atoms with Gasteiger partial charge in [-0.05, 0) is 48.5 Å². The molecule has 6 aromatic rings. The summed E-state index contributed by atoms with van der Waals surface area (Å²) in [5.74, 6) is 0.936. The van der Waals surface area contributed by atoms with E-state index in [1.54, 1.807) is 11.3 Å². The first-order valence-corrected chi connectivity index (χ1v) is 11.4. The molecule has 0 aliphatic rings. The van der Waals surface area contributed by atoms with E-state index in [1.807, 2.05) is 48.7 Å². The van der Waals surface area contributed by atoms with Crippen LogP contribution in [0.4, 0.5) is 11.5 Å². The van der Waals surface area contributed by atoms with Crippen molar-refractivity contribution in [2.45, 2.75) is 0 Å². The number of aromatic nitrogens is 3. The lowest BCUT2D eigenvalue weighted by Crippen LogP contribution is -1.96. The number of benzene rings is 3. The first-order valence-electron chi connectivity index (χ1n) is 9.37. The Labute approximate surface area is 189 Å². The van der Waals surface area contributed by atoms with Crippen molar-refractivity contribution >= 4 is 76.5 Å². The number of thiazole rings is 1. The molecule has 0 spiro atoms. The number of aromatic amines is 1. The molecule has 0 fully saturated rings. The Morgan fingerprint density at radius 1 is 1.03 bits per heavy atom.